The molecule has 0 aromatic heterocycles. The summed E-state index contributed by atoms with van der Waals surface area (Å²) in [5.41, 5.74) is 2.74. The van der Waals surface area contributed by atoms with E-state index in [9.17, 15) is 28.6 Å². The van der Waals surface area contributed by atoms with Gasteiger partial charge in [-0.1, -0.05) is 0 Å². The first-order chi connectivity index (χ1) is 14.3. The van der Waals surface area contributed by atoms with Gasteiger partial charge in [-0.25, -0.2) is 8.42 Å². The van der Waals surface area contributed by atoms with E-state index in [1.54, 1.807) is 0 Å². The van der Waals surface area contributed by atoms with Crippen molar-refractivity contribution in [2.24, 2.45) is 5.10 Å². The monoisotopic (exact) mass is 435 g/mol. The number of nitro benzene ring substituents is 2. The molecule has 0 saturated carbocycles. The highest BCUT2D eigenvalue weighted by atomic mass is 32.2. The van der Waals surface area contributed by atoms with Crippen molar-refractivity contribution in [2.45, 2.75) is 4.90 Å². The van der Waals surface area contributed by atoms with Crippen LogP contribution in [0.5, 0.6) is 0 Å². The lowest BCUT2D eigenvalue weighted by molar-refractivity contribution is -0.385. The maximum Gasteiger partial charge on any atom is 0.270 e. The molecule has 0 unspecified atom stereocenters. The second-order valence-electron chi connectivity index (χ2n) is 6.17. The van der Waals surface area contributed by atoms with Gasteiger partial charge >= 0.3 is 0 Å². The summed E-state index contributed by atoms with van der Waals surface area (Å²) in [7, 11) is -4.02. The molecule has 1 fully saturated rings. The van der Waals surface area contributed by atoms with Crippen molar-refractivity contribution < 1.29 is 23.0 Å². The molecule has 13 heteroatoms. The van der Waals surface area contributed by atoms with Crippen molar-refractivity contribution in [3.63, 3.8) is 0 Å². The third kappa shape index (κ3) is 4.76. The van der Waals surface area contributed by atoms with Crippen LogP contribution in [0.25, 0.3) is 0 Å². The van der Waals surface area contributed by atoms with E-state index in [1.165, 1.54) is 46.9 Å². The lowest BCUT2D eigenvalue weighted by Gasteiger charge is -2.26. The van der Waals surface area contributed by atoms with Crippen LogP contribution in [-0.2, 0) is 14.8 Å². The number of non-ortho nitro benzene ring substituents is 2. The van der Waals surface area contributed by atoms with Crippen LogP contribution < -0.4 is 5.43 Å². The lowest BCUT2D eigenvalue weighted by atomic mass is 10.2. The van der Waals surface area contributed by atoms with Gasteiger partial charge in [0, 0.05) is 37.4 Å². The summed E-state index contributed by atoms with van der Waals surface area (Å²) in [6.07, 6.45) is 1.34. The number of sulfonamides is 1. The smallest absolute Gasteiger partial charge is 0.270 e. The molecule has 0 spiro atoms. The van der Waals surface area contributed by atoms with Crippen molar-refractivity contribution >= 4 is 33.3 Å². The molecule has 3 rings (SSSR count). The van der Waals surface area contributed by atoms with E-state index < -0.39 is 19.9 Å². The van der Waals surface area contributed by atoms with Crippen molar-refractivity contribution in [2.75, 3.05) is 31.7 Å². The normalized spacial score (nSPS) is 15.2. The highest BCUT2D eigenvalue weighted by Crippen LogP contribution is 2.29. The molecule has 0 radical (unpaired) electrons. The first kappa shape index (κ1) is 21.3. The van der Waals surface area contributed by atoms with Gasteiger partial charge in [0.25, 0.3) is 11.4 Å². The van der Waals surface area contributed by atoms with E-state index in [4.69, 9.17) is 4.74 Å². The highest BCUT2D eigenvalue weighted by molar-refractivity contribution is 7.89. The number of anilines is 1. The summed E-state index contributed by atoms with van der Waals surface area (Å²) in [5, 5.41) is 25.8. The summed E-state index contributed by atoms with van der Waals surface area (Å²) in [6.45, 7) is 0.734. The lowest BCUT2D eigenvalue weighted by Crippen LogP contribution is -2.40. The van der Waals surface area contributed by atoms with Gasteiger partial charge in [-0.15, -0.1) is 0 Å². The number of benzene rings is 2. The Morgan fingerprint density at radius 3 is 2.20 bits per heavy atom. The molecule has 2 aromatic carbocycles. The highest BCUT2D eigenvalue weighted by Gasteiger charge is 2.30. The average molecular weight is 435 g/mol. The van der Waals surface area contributed by atoms with Crippen LogP contribution in [0, 0.1) is 20.2 Å². The van der Waals surface area contributed by atoms with Gasteiger partial charge in [-0.2, -0.15) is 9.41 Å². The Morgan fingerprint density at radius 1 is 1.00 bits per heavy atom. The number of nitrogens with zero attached hydrogens (tertiary/aromatic N) is 4. The standard InChI is InChI=1S/C17H17N5O7S/c23-21(24)14-3-1-13(2-4-14)12-18-19-16-6-5-15(22(25)26)11-17(16)30(27,28)20-7-9-29-10-8-20/h1-6,11-12,19H,7-10H2. The number of hydrogen-bond donors (Lipinski definition) is 1. The Hall–Kier alpha value is -3.42. The van der Waals surface area contributed by atoms with Crippen LogP contribution in [0.3, 0.4) is 0 Å². The number of rotatable bonds is 7. The number of morpholine rings is 1. The predicted octanol–water partition coefficient (Wildman–Crippen LogP) is 1.97. The first-order valence-electron chi connectivity index (χ1n) is 8.69. The Labute approximate surface area is 171 Å². The largest absolute Gasteiger partial charge is 0.379 e. The fourth-order valence-corrected chi connectivity index (χ4v) is 4.28. The van der Waals surface area contributed by atoms with Crippen LogP contribution in [0.1, 0.15) is 5.56 Å². The number of nitro groups is 2. The van der Waals surface area contributed by atoms with E-state index in [0.29, 0.717) is 5.56 Å². The minimum atomic E-state index is -4.02. The maximum atomic E-state index is 13.0. The minimum Gasteiger partial charge on any atom is -0.379 e. The number of hydrazone groups is 1. The minimum absolute atomic E-state index is 0.0604. The molecule has 0 aliphatic carbocycles. The molecule has 1 saturated heterocycles. The second-order valence-corrected chi connectivity index (χ2v) is 8.08. The van der Waals surface area contributed by atoms with Crippen LogP contribution in [0.15, 0.2) is 52.5 Å². The first-order valence-corrected chi connectivity index (χ1v) is 10.1. The Balaban J connectivity index is 1.88. The van der Waals surface area contributed by atoms with Gasteiger partial charge in [-0.05, 0) is 23.8 Å². The van der Waals surface area contributed by atoms with Gasteiger partial charge in [0.2, 0.25) is 10.0 Å². The third-order valence-corrected chi connectivity index (χ3v) is 6.20. The molecular weight excluding hydrogens is 418 g/mol. The second kappa shape index (κ2) is 8.94. The van der Waals surface area contributed by atoms with Crippen LogP contribution in [0.4, 0.5) is 17.1 Å². The fourth-order valence-electron chi connectivity index (χ4n) is 2.71. The summed E-state index contributed by atoms with van der Waals surface area (Å²) in [6, 6.07) is 8.98. The molecule has 1 heterocycles. The van der Waals surface area contributed by atoms with E-state index in [1.807, 2.05) is 0 Å². The molecule has 0 atom stereocenters. The molecule has 2 aromatic rings. The number of ether oxygens (including phenoxy) is 1. The molecule has 12 nitrogen and oxygen atoms in total. The SMILES string of the molecule is O=[N+]([O-])c1ccc(C=NNc2ccc([N+](=O)[O-])cc2S(=O)(=O)N2CCOCC2)cc1. The Kier molecular flexibility index (Phi) is 6.34. The maximum absolute atomic E-state index is 13.0. The van der Waals surface area contributed by atoms with Crippen molar-refractivity contribution in [3.8, 4) is 0 Å². The van der Waals surface area contributed by atoms with Crippen molar-refractivity contribution in [1.82, 2.24) is 4.31 Å². The summed E-state index contributed by atoms with van der Waals surface area (Å²) in [5.74, 6) is 0. The van der Waals surface area contributed by atoms with Crippen molar-refractivity contribution in [3.05, 3.63) is 68.3 Å². The van der Waals surface area contributed by atoms with Crippen LogP contribution in [-0.4, -0.2) is 55.1 Å². The summed E-state index contributed by atoms with van der Waals surface area (Å²) in [4.78, 5) is 20.3. The van der Waals surface area contributed by atoms with E-state index in [0.717, 1.165) is 6.07 Å². The molecule has 1 aliphatic heterocycles. The molecular formula is C17H17N5O7S. The van der Waals surface area contributed by atoms with Gasteiger partial charge in [-0.3, -0.25) is 25.7 Å². The van der Waals surface area contributed by atoms with Gasteiger partial charge < -0.3 is 4.74 Å². The number of hydrogen-bond acceptors (Lipinski definition) is 9. The van der Waals surface area contributed by atoms with Gasteiger partial charge in [0.15, 0.2) is 0 Å². The molecule has 158 valence electrons. The zero-order valence-corrected chi connectivity index (χ0v) is 16.3. The van der Waals surface area contributed by atoms with Crippen LogP contribution in [0.2, 0.25) is 0 Å². The molecule has 0 amide bonds. The molecule has 30 heavy (non-hydrogen) atoms. The van der Waals surface area contributed by atoms with Crippen LogP contribution >= 0.6 is 0 Å². The summed E-state index contributed by atoms with van der Waals surface area (Å²) >= 11 is 0. The zero-order chi connectivity index (χ0) is 21.7. The Bertz CT molecular complexity index is 1080. The average Bonchev–Trinajstić information content (AvgIpc) is 2.74. The van der Waals surface area contributed by atoms with Gasteiger partial charge in [0.05, 0.1) is 35.0 Å². The third-order valence-electron chi connectivity index (χ3n) is 4.27. The molecule has 1 aliphatic rings. The van der Waals surface area contributed by atoms with E-state index in [2.05, 4.69) is 10.5 Å². The molecule has 1 N–H and O–H groups in total. The zero-order valence-electron chi connectivity index (χ0n) is 15.5. The Morgan fingerprint density at radius 2 is 1.60 bits per heavy atom. The van der Waals surface area contributed by atoms with E-state index >= 15 is 0 Å². The quantitative estimate of drug-likeness (QED) is 0.393. The summed E-state index contributed by atoms with van der Waals surface area (Å²) < 4.78 is 32.4. The van der Waals surface area contributed by atoms with E-state index in [-0.39, 0.29) is 48.3 Å². The van der Waals surface area contributed by atoms with Crippen molar-refractivity contribution in [1.29, 1.82) is 0 Å². The van der Waals surface area contributed by atoms with Gasteiger partial charge in [0.1, 0.15) is 4.90 Å². The predicted molar refractivity (Wildman–Crippen MR) is 107 cm³/mol. The number of nitrogens with one attached hydrogen (secondary N) is 1. The molecule has 0 bridgehead atoms. The fraction of sp³-hybridized carbons (Fsp3) is 0.235. The topological polar surface area (TPSA) is 157 Å².